The second-order valence-corrected chi connectivity index (χ2v) is 5.09. The number of rotatable bonds is 2. The van der Waals surface area contributed by atoms with E-state index < -0.39 is 0 Å². The predicted molar refractivity (Wildman–Crippen MR) is 81.6 cm³/mol. The highest BCUT2D eigenvalue weighted by Crippen LogP contribution is 2.26. The minimum atomic E-state index is -0.363. The Balaban J connectivity index is 1.81. The summed E-state index contributed by atoms with van der Waals surface area (Å²) in [6.07, 6.45) is 2.34. The van der Waals surface area contributed by atoms with Crippen molar-refractivity contribution in [2.24, 2.45) is 0 Å². The molecule has 3 nitrogen and oxygen atoms in total. The third kappa shape index (κ3) is 3.26. The first-order valence-electron chi connectivity index (χ1n) is 6.62. The number of fused-ring (bicyclic) bond motifs is 1. The molecule has 1 aliphatic heterocycles. The summed E-state index contributed by atoms with van der Waals surface area (Å²) in [6.45, 7) is 0.457. The van der Waals surface area contributed by atoms with Gasteiger partial charge in [-0.05, 0) is 36.4 Å². The fourth-order valence-corrected chi connectivity index (χ4v) is 2.22. The Morgan fingerprint density at radius 3 is 2.67 bits per heavy atom. The topological polar surface area (TPSA) is 35.5 Å². The number of benzene rings is 2. The summed E-state index contributed by atoms with van der Waals surface area (Å²) >= 11 is 5.81. The van der Waals surface area contributed by atoms with E-state index in [0.29, 0.717) is 29.4 Å². The van der Waals surface area contributed by atoms with E-state index in [1.807, 2.05) is 30.3 Å². The van der Waals surface area contributed by atoms with Crippen molar-refractivity contribution < 1.29 is 14.3 Å². The van der Waals surface area contributed by atoms with Gasteiger partial charge in [0.05, 0.1) is 6.61 Å². The van der Waals surface area contributed by atoms with Crippen molar-refractivity contribution in [2.45, 2.75) is 6.42 Å². The lowest BCUT2D eigenvalue weighted by atomic mass is 10.1. The molecule has 2 aromatic carbocycles. The number of halogens is 1. The molecule has 0 radical (unpaired) electrons. The van der Waals surface area contributed by atoms with Gasteiger partial charge in [-0.25, -0.2) is 4.79 Å². The Morgan fingerprint density at radius 1 is 1.10 bits per heavy atom. The van der Waals surface area contributed by atoms with Crippen LogP contribution in [0.25, 0.3) is 6.08 Å². The average Bonchev–Trinajstić information content (AvgIpc) is 2.72. The van der Waals surface area contributed by atoms with Crippen LogP contribution in [0.2, 0.25) is 5.02 Å². The van der Waals surface area contributed by atoms with Gasteiger partial charge >= 0.3 is 5.97 Å². The van der Waals surface area contributed by atoms with E-state index >= 15 is 0 Å². The highest BCUT2D eigenvalue weighted by atomic mass is 35.5. The lowest BCUT2D eigenvalue weighted by molar-refractivity contribution is -0.130. The molecule has 0 fully saturated rings. The Bertz CT molecular complexity index is 689. The quantitative estimate of drug-likeness (QED) is 0.618. The number of carbonyl (C=O) groups is 1. The van der Waals surface area contributed by atoms with Gasteiger partial charge in [-0.3, -0.25) is 0 Å². The normalized spacial score (nSPS) is 13.5. The van der Waals surface area contributed by atoms with Gasteiger partial charge in [0, 0.05) is 22.6 Å². The Labute approximate surface area is 127 Å². The van der Waals surface area contributed by atoms with Gasteiger partial charge in [0.25, 0.3) is 0 Å². The van der Waals surface area contributed by atoms with Crippen molar-refractivity contribution in [3.8, 4) is 11.5 Å². The van der Waals surface area contributed by atoms with E-state index in [0.717, 1.165) is 11.3 Å². The molecule has 0 saturated carbocycles. The maximum absolute atomic E-state index is 12.2. The molecule has 0 aliphatic carbocycles. The number of ether oxygens (including phenoxy) is 2. The fraction of sp³-hybridized carbons (Fsp3) is 0.118. The first-order valence-corrected chi connectivity index (χ1v) is 7.00. The minimum Gasteiger partial charge on any atom is -0.493 e. The zero-order valence-corrected chi connectivity index (χ0v) is 12.0. The third-order valence-electron chi connectivity index (χ3n) is 3.16. The lowest BCUT2D eigenvalue weighted by Gasteiger charge is -2.06. The van der Waals surface area contributed by atoms with Crippen molar-refractivity contribution >= 4 is 23.6 Å². The number of hydrogen-bond acceptors (Lipinski definition) is 3. The third-order valence-corrected chi connectivity index (χ3v) is 3.42. The van der Waals surface area contributed by atoms with Crippen LogP contribution in [0.1, 0.15) is 12.0 Å². The van der Waals surface area contributed by atoms with Crippen molar-refractivity contribution in [3.63, 3.8) is 0 Å². The molecule has 1 heterocycles. The summed E-state index contributed by atoms with van der Waals surface area (Å²) in [5, 5.41) is 0.603. The van der Waals surface area contributed by atoms with Gasteiger partial charge in [0.2, 0.25) is 0 Å². The second-order valence-electron chi connectivity index (χ2n) is 4.65. The van der Waals surface area contributed by atoms with Crippen molar-refractivity contribution in [2.75, 3.05) is 6.61 Å². The summed E-state index contributed by atoms with van der Waals surface area (Å²) in [4.78, 5) is 12.2. The van der Waals surface area contributed by atoms with Crippen LogP contribution < -0.4 is 9.47 Å². The highest BCUT2D eigenvalue weighted by Gasteiger charge is 2.16. The Hall–Kier alpha value is -2.26. The molecule has 106 valence electrons. The predicted octanol–water partition coefficient (Wildman–Crippen LogP) is 4.11. The van der Waals surface area contributed by atoms with Crippen molar-refractivity contribution in [3.05, 3.63) is 64.7 Å². The summed E-state index contributed by atoms with van der Waals surface area (Å²) in [5.41, 5.74) is 1.48. The zero-order chi connectivity index (χ0) is 14.7. The Kier molecular flexibility index (Phi) is 3.93. The minimum absolute atomic E-state index is 0.363. The van der Waals surface area contributed by atoms with Crippen LogP contribution in [-0.2, 0) is 4.79 Å². The largest absolute Gasteiger partial charge is 0.493 e. The van der Waals surface area contributed by atoms with E-state index in [2.05, 4.69) is 0 Å². The van der Waals surface area contributed by atoms with Crippen LogP contribution in [-0.4, -0.2) is 12.6 Å². The first-order chi connectivity index (χ1) is 10.2. The van der Waals surface area contributed by atoms with Crippen LogP contribution >= 0.6 is 11.6 Å². The number of esters is 1. The van der Waals surface area contributed by atoms with E-state index in [9.17, 15) is 4.79 Å². The van der Waals surface area contributed by atoms with Gasteiger partial charge in [-0.15, -0.1) is 0 Å². The Morgan fingerprint density at radius 2 is 1.86 bits per heavy atom. The molecule has 0 spiro atoms. The number of para-hydroxylation sites is 1. The van der Waals surface area contributed by atoms with Gasteiger partial charge in [0.1, 0.15) is 11.5 Å². The van der Waals surface area contributed by atoms with Crippen LogP contribution in [0.4, 0.5) is 0 Å². The van der Waals surface area contributed by atoms with Gasteiger partial charge in [-0.1, -0.05) is 29.8 Å². The molecule has 0 N–H and O–H groups in total. The molecule has 1 aliphatic rings. The van der Waals surface area contributed by atoms with Gasteiger partial charge in [0.15, 0.2) is 0 Å². The molecule has 0 atom stereocenters. The monoisotopic (exact) mass is 300 g/mol. The van der Waals surface area contributed by atoms with Gasteiger partial charge < -0.3 is 9.47 Å². The second kappa shape index (κ2) is 6.02. The van der Waals surface area contributed by atoms with Crippen molar-refractivity contribution in [1.29, 1.82) is 0 Å². The molecule has 0 amide bonds. The smallest absolute Gasteiger partial charge is 0.339 e. The maximum atomic E-state index is 12.2. The molecule has 21 heavy (non-hydrogen) atoms. The summed E-state index contributed by atoms with van der Waals surface area (Å²) in [5.74, 6) is 0.896. The van der Waals surface area contributed by atoms with Crippen molar-refractivity contribution in [1.82, 2.24) is 0 Å². The van der Waals surface area contributed by atoms with Gasteiger partial charge in [-0.2, -0.15) is 0 Å². The lowest BCUT2D eigenvalue weighted by Crippen LogP contribution is -2.12. The number of hydrogen-bond donors (Lipinski definition) is 0. The first kappa shape index (κ1) is 13.7. The molecule has 4 heteroatoms. The standard InChI is InChI=1S/C17H13ClO3/c18-14-5-7-15(8-6-14)21-17(19)13-9-10-20-16-4-2-1-3-12(16)11-13/h1-8,11H,9-10H2. The molecular formula is C17H13ClO3. The van der Waals surface area contributed by atoms with Crippen LogP contribution in [0.15, 0.2) is 54.1 Å². The molecule has 0 saturated heterocycles. The molecule has 0 aromatic heterocycles. The zero-order valence-electron chi connectivity index (χ0n) is 11.2. The summed E-state index contributed by atoms with van der Waals surface area (Å²) < 4.78 is 11.0. The van der Waals surface area contributed by atoms with E-state index in [-0.39, 0.29) is 5.97 Å². The summed E-state index contributed by atoms with van der Waals surface area (Å²) in [6, 6.07) is 14.3. The molecule has 3 rings (SSSR count). The molecular weight excluding hydrogens is 288 g/mol. The highest BCUT2D eigenvalue weighted by molar-refractivity contribution is 6.30. The van der Waals surface area contributed by atoms with E-state index in [4.69, 9.17) is 21.1 Å². The fourth-order valence-electron chi connectivity index (χ4n) is 2.10. The SMILES string of the molecule is O=C(Oc1ccc(Cl)cc1)C1=Cc2ccccc2OCC1. The van der Waals surface area contributed by atoms with Crippen LogP contribution in [0, 0.1) is 0 Å². The average molecular weight is 301 g/mol. The molecule has 0 bridgehead atoms. The van der Waals surface area contributed by atoms with E-state index in [1.165, 1.54) is 0 Å². The number of carbonyl (C=O) groups excluding carboxylic acids is 1. The van der Waals surface area contributed by atoms with Crippen LogP contribution in [0.5, 0.6) is 11.5 Å². The maximum Gasteiger partial charge on any atom is 0.339 e. The van der Waals surface area contributed by atoms with Crippen LogP contribution in [0.3, 0.4) is 0 Å². The molecule has 2 aromatic rings. The van der Waals surface area contributed by atoms with E-state index in [1.54, 1.807) is 24.3 Å². The summed E-state index contributed by atoms with van der Waals surface area (Å²) in [7, 11) is 0. The molecule has 0 unspecified atom stereocenters.